The third-order valence-corrected chi connectivity index (χ3v) is 5.17. The van der Waals surface area contributed by atoms with Crippen molar-refractivity contribution in [2.75, 3.05) is 11.9 Å². The van der Waals surface area contributed by atoms with Crippen molar-refractivity contribution in [2.45, 2.75) is 25.3 Å². The van der Waals surface area contributed by atoms with Crippen LogP contribution in [-0.4, -0.2) is 16.4 Å². The molecule has 2 aromatic heterocycles. The van der Waals surface area contributed by atoms with Gasteiger partial charge in [0.2, 0.25) is 5.13 Å². The lowest BCUT2D eigenvalue weighted by Gasteiger charge is -2.13. The van der Waals surface area contributed by atoms with Gasteiger partial charge in [-0.15, -0.1) is 11.3 Å². The Morgan fingerprint density at radius 3 is 2.94 bits per heavy atom. The summed E-state index contributed by atoms with van der Waals surface area (Å²) in [4.78, 5) is 8.11. The summed E-state index contributed by atoms with van der Waals surface area (Å²) in [5, 5.41) is 1.02. The molecule has 0 unspecified atom stereocenters. The van der Waals surface area contributed by atoms with Crippen LogP contribution in [0.4, 0.5) is 5.13 Å². The lowest BCUT2D eigenvalue weighted by Crippen LogP contribution is -2.15. The Labute approximate surface area is 117 Å². The summed E-state index contributed by atoms with van der Waals surface area (Å²) in [7, 11) is 2.07. The third-order valence-electron chi connectivity index (χ3n) is 2.72. The largest absolute Gasteiger partial charge is 0.345 e. The molecule has 0 aromatic carbocycles. The molecule has 6 heteroatoms. The summed E-state index contributed by atoms with van der Waals surface area (Å²) >= 11 is 6.76. The molecular weight excluding hydrogens is 318 g/mol. The standard InChI is InChI=1S/C11H12BrN3S2/c1-15(6-8-4-5-9(12)16-8)11-13-10(14-17-11)7-2-3-7/h4-5,7H,2-3,6H2,1H3. The molecule has 0 atom stereocenters. The number of aromatic nitrogens is 2. The van der Waals surface area contributed by atoms with E-state index >= 15 is 0 Å². The van der Waals surface area contributed by atoms with Crippen molar-refractivity contribution in [3.63, 3.8) is 0 Å². The quantitative estimate of drug-likeness (QED) is 0.852. The first kappa shape index (κ1) is 11.6. The fourth-order valence-electron chi connectivity index (χ4n) is 1.63. The summed E-state index contributed by atoms with van der Waals surface area (Å²) in [6.07, 6.45) is 2.52. The van der Waals surface area contributed by atoms with Crippen LogP contribution in [0.2, 0.25) is 0 Å². The monoisotopic (exact) mass is 329 g/mol. The van der Waals surface area contributed by atoms with Crippen LogP contribution < -0.4 is 4.90 Å². The molecule has 2 aromatic rings. The normalized spacial score (nSPS) is 15.2. The van der Waals surface area contributed by atoms with Crippen molar-refractivity contribution in [1.29, 1.82) is 0 Å². The van der Waals surface area contributed by atoms with E-state index in [9.17, 15) is 0 Å². The smallest absolute Gasteiger partial charge is 0.205 e. The Morgan fingerprint density at radius 2 is 2.29 bits per heavy atom. The van der Waals surface area contributed by atoms with Crippen LogP contribution in [-0.2, 0) is 6.54 Å². The number of rotatable bonds is 4. The van der Waals surface area contributed by atoms with Crippen LogP contribution in [0.15, 0.2) is 15.9 Å². The van der Waals surface area contributed by atoms with E-state index < -0.39 is 0 Å². The number of thiophene rings is 1. The molecule has 2 heterocycles. The SMILES string of the molecule is CN(Cc1ccc(Br)s1)c1nc(C2CC2)ns1. The maximum absolute atomic E-state index is 4.60. The summed E-state index contributed by atoms with van der Waals surface area (Å²) in [6.45, 7) is 0.898. The first-order chi connectivity index (χ1) is 8.22. The van der Waals surface area contributed by atoms with Crippen LogP contribution in [0.1, 0.15) is 29.5 Å². The molecule has 0 bridgehead atoms. The van der Waals surface area contributed by atoms with Gasteiger partial charge in [-0.25, -0.2) is 4.98 Å². The second kappa shape index (κ2) is 4.66. The van der Waals surface area contributed by atoms with E-state index in [4.69, 9.17) is 0 Å². The minimum atomic E-state index is 0.643. The van der Waals surface area contributed by atoms with Gasteiger partial charge in [-0.1, -0.05) is 0 Å². The zero-order valence-corrected chi connectivity index (χ0v) is 12.6. The number of anilines is 1. The maximum Gasteiger partial charge on any atom is 0.205 e. The van der Waals surface area contributed by atoms with Gasteiger partial charge in [-0.3, -0.25) is 0 Å². The first-order valence-electron chi connectivity index (χ1n) is 5.51. The second-order valence-electron chi connectivity index (χ2n) is 4.27. The van der Waals surface area contributed by atoms with E-state index in [1.165, 1.54) is 33.0 Å². The van der Waals surface area contributed by atoms with Gasteiger partial charge in [-0.05, 0) is 40.9 Å². The third kappa shape index (κ3) is 2.69. The summed E-state index contributed by atoms with van der Waals surface area (Å²) < 4.78 is 5.61. The van der Waals surface area contributed by atoms with Crippen LogP contribution >= 0.6 is 38.8 Å². The highest BCUT2D eigenvalue weighted by molar-refractivity contribution is 9.11. The molecule has 3 nitrogen and oxygen atoms in total. The maximum atomic E-state index is 4.60. The van der Waals surface area contributed by atoms with E-state index in [-0.39, 0.29) is 0 Å². The molecule has 0 spiro atoms. The fraction of sp³-hybridized carbons (Fsp3) is 0.455. The molecule has 1 saturated carbocycles. The first-order valence-corrected chi connectivity index (χ1v) is 7.89. The minimum Gasteiger partial charge on any atom is -0.345 e. The Bertz CT molecular complexity index is 518. The van der Waals surface area contributed by atoms with Crippen LogP contribution in [0.5, 0.6) is 0 Å². The number of hydrogen-bond donors (Lipinski definition) is 0. The van der Waals surface area contributed by atoms with Gasteiger partial charge in [0.05, 0.1) is 10.3 Å². The van der Waals surface area contributed by atoms with Gasteiger partial charge in [0, 0.05) is 29.4 Å². The predicted molar refractivity (Wildman–Crippen MR) is 76.0 cm³/mol. The summed E-state index contributed by atoms with van der Waals surface area (Å²) in [5.74, 6) is 1.69. The van der Waals surface area contributed by atoms with E-state index in [0.717, 1.165) is 17.5 Å². The molecule has 3 rings (SSSR count). The highest BCUT2D eigenvalue weighted by atomic mass is 79.9. The molecule has 0 saturated heterocycles. The minimum absolute atomic E-state index is 0.643. The highest BCUT2D eigenvalue weighted by Crippen LogP contribution is 2.39. The Balaban J connectivity index is 1.69. The second-order valence-corrected chi connectivity index (χ2v) is 7.55. The highest BCUT2D eigenvalue weighted by Gasteiger charge is 2.28. The van der Waals surface area contributed by atoms with Gasteiger partial charge in [0.25, 0.3) is 0 Å². The summed E-state index contributed by atoms with van der Waals surface area (Å²) in [5.41, 5.74) is 0. The molecule has 1 aliphatic carbocycles. The molecule has 0 amide bonds. The van der Waals surface area contributed by atoms with Crippen molar-refractivity contribution < 1.29 is 0 Å². The molecule has 0 N–H and O–H groups in total. The number of nitrogens with zero attached hydrogens (tertiary/aromatic N) is 3. The average molecular weight is 330 g/mol. The number of halogens is 1. The van der Waals surface area contributed by atoms with Crippen LogP contribution in [0.3, 0.4) is 0 Å². The Kier molecular flexibility index (Phi) is 3.19. The van der Waals surface area contributed by atoms with Crippen LogP contribution in [0, 0.1) is 0 Å². The molecule has 90 valence electrons. The van der Waals surface area contributed by atoms with E-state index in [2.05, 4.69) is 49.4 Å². The van der Waals surface area contributed by atoms with Gasteiger partial charge < -0.3 is 4.90 Å². The van der Waals surface area contributed by atoms with Gasteiger partial charge in [0.1, 0.15) is 5.82 Å². The van der Waals surface area contributed by atoms with Crippen molar-refractivity contribution in [3.8, 4) is 0 Å². The summed E-state index contributed by atoms with van der Waals surface area (Å²) in [6, 6.07) is 4.23. The fourth-order valence-corrected chi connectivity index (χ4v) is 3.87. The lowest BCUT2D eigenvalue weighted by atomic mass is 10.4. The van der Waals surface area contributed by atoms with Crippen molar-refractivity contribution in [3.05, 3.63) is 26.6 Å². The lowest BCUT2D eigenvalue weighted by molar-refractivity contribution is 0.907. The topological polar surface area (TPSA) is 29.0 Å². The van der Waals surface area contributed by atoms with Crippen molar-refractivity contribution in [2.24, 2.45) is 0 Å². The zero-order chi connectivity index (χ0) is 11.8. The van der Waals surface area contributed by atoms with E-state index in [0.29, 0.717) is 5.92 Å². The average Bonchev–Trinajstić information content (AvgIpc) is 2.88. The Morgan fingerprint density at radius 1 is 1.47 bits per heavy atom. The Hall–Kier alpha value is -0.460. The van der Waals surface area contributed by atoms with Crippen molar-refractivity contribution >= 4 is 43.9 Å². The van der Waals surface area contributed by atoms with E-state index in [1.54, 1.807) is 11.3 Å². The van der Waals surface area contributed by atoms with E-state index in [1.807, 2.05) is 0 Å². The van der Waals surface area contributed by atoms with Gasteiger partial charge >= 0.3 is 0 Å². The molecule has 0 aliphatic heterocycles. The van der Waals surface area contributed by atoms with Crippen LogP contribution in [0.25, 0.3) is 0 Å². The van der Waals surface area contributed by atoms with Crippen molar-refractivity contribution in [1.82, 2.24) is 9.36 Å². The van der Waals surface area contributed by atoms with Gasteiger partial charge in [-0.2, -0.15) is 4.37 Å². The number of hydrogen-bond acceptors (Lipinski definition) is 5. The molecule has 1 aliphatic rings. The molecule has 17 heavy (non-hydrogen) atoms. The predicted octanol–water partition coefficient (Wildman–Crippen LogP) is 3.88. The van der Waals surface area contributed by atoms with Gasteiger partial charge in [0.15, 0.2) is 0 Å². The molecule has 1 fully saturated rings. The zero-order valence-electron chi connectivity index (χ0n) is 9.39. The molecule has 0 radical (unpaired) electrons. The molecular formula is C11H12BrN3S2.